The molecule has 1 aliphatic heterocycles. The molecule has 1 aliphatic rings. The van der Waals surface area contributed by atoms with E-state index in [1.54, 1.807) is 24.0 Å². The lowest BCUT2D eigenvalue weighted by Gasteiger charge is -2.30. The number of hydrogen-bond donors (Lipinski definition) is 3. The van der Waals surface area contributed by atoms with Crippen LogP contribution in [-0.4, -0.2) is 72.5 Å². The van der Waals surface area contributed by atoms with Crippen LogP contribution in [0.5, 0.6) is 5.75 Å². The van der Waals surface area contributed by atoms with E-state index in [0.29, 0.717) is 23.6 Å². The van der Waals surface area contributed by atoms with Gasteiger partial charge in [0.1, 0.15) is 5.75 Å². The molecule has 0 bridgehead atoms. The lowest BCUT2D eigenvalue weighted by Crippen LogP contribution is -2.33. The molecule has 0 unspecified atom stereocenters. The van der Waals surface area contributed by atoms with Crippen molar-refractivity contribution in [2.75, 3.05) is 43.1 Å². The van der Waals surface area contributed by atoms with Gasteiger partial charge in [0.05, 0.1) is 19.1 Å². The molecule has 1 aromatic carbocycles. The molecule has 1 amide bonds. The zero-order valence-corrected chi connectivity index (χ0v) is 19.7. The Hall–Kier alpha value is -2.28. The number of aliphatic carboxylic acids is 2. The van der Waals surface area contributed by atoms with Crippen molar-refractivity contribution in [3.8, 4) is 5.75 Å². The zero-order chi connectivity index (χ0) is 24.9. The summed E-state index contributed by atoms with van der Waals surface area (Å²) in [5.41, 5.74) is 1.61. The highest BCUT2D eigenvalue weighted by Crippen LogP contribution is 2.28. The number of carboxylic acids is 2. The highest BCUT2D eigenvalue weighted by molar-refractivity contribution is 8.76. The second-order valence-electron chi connectivity index (χ2n) is 6.78. The number of benzene rings is 1. The highest BCUT2D eigenvalue weighted by atomic mass is 33.1. The minimum Gasteiger partial charge on any atom is -0.497 e. The van der Waals surface area contributed by atoms with E-state index < -0.39 is 18.1 Å². The quantitative estimate of drug-likeness (QED) is 0.317. The molecule has 13 heteroatoms. The largest absolute Gasteiger partial charge is 0.497 e. The monoisotopic (exact) mass is 512 g/mol. The maximum atomic E-state index is 12.7. The van der Waals surface area contributed by atoms with Crippen LogP contribution in [0.1, 0.15) is 36.0 Å². The fourth-order valence-corrected chi connectivity index (χ4v) is 4.67. The maximum Gasteiger partial charge on any atom is 0.490 e. The Labute approximate surface area is 197 Å². The SMILES string of the molecule is COc1ccc(N2CCCCC2)c(C(=O)NCCSSCCC(=O)O)c1.O=C(O)C(F)(F)F. The molecule has 1 heterocycles. The van der Waals surface area contributed by atoms with Crippen LogP contribution in [0.25, 0.3) is 0 Å². The van der Waals surface area contributed by atoms with E-state index in [0.717, 1.165) is 37.4 Å². The van der Waals surface area contributed by atoms with Crippen molar-refractivity contribution in [1.29, 1.82) is 0 Å². The second-order valence-corrected chi connectivity index (χ2v) is 9.48. The normalized spacial score (nSPS) is 13.5. The Morgan fingerprint density at radius 1 is 1.09 bits per heavy atom. The molecule has 0 spiro atoms. The van der Waals surface area contributed by atoms with Gasteiger partial charge in [0.15, 0.2) is 0 Å². The number of carbonyl (C=O) groups is 3. The van der Waals surface area contributed by atoms with Gasteiger partial charge >= 0.3 is 18.1 Å². The fraction of sp³-hybridized carbons (Fsp3) is 0.550. The van der Waals surface area contributed by atoms with Gasteiger partial charge in [-0.1, -0.05) is 21.6 Å². The summed E-state index contributed by atoms with van der Waals surface area (Å²) in [6, 6.07) is 5.67. The van der Waals surface area contributed by atoms with E-state index in [4.69, 9.17) is 19.7 Å². The molecule has 1 saturated heterocycles. The number of alkyl halides is 3. The summed E-state index contributed by atoms with van der Waals surface area (Å²) in [6.07, 6.45) is -1.38. The van der Waals surface area contributed by atoms with Gasteiger partial charge in [-0.3, -0.25) is 9.59 Å². The first-order valence-electron chi connectivity index (χ1n) is 10.0. The molecule has 186 valence electrons. The Balaban J connectivity index is 0.000000675. The molecule has 0 saturated carbocycles. The number of ether oxygens (including phenoxy) is 1. The van der Waals surface area contributed by atoms with Gasteiger partial charge < -0.3 is 25.2 Å². The molecule has 0 aromatic heterocycles. The van der Waals surface area contributed by atoms with Crippen molar-refractivity contribution in [3.63, 3.8) is 0 Å². The summed E-state index contributed by atoms with van der Waals surface area (Å²) in [6.45, 7) is 2.49. The van der Waals surface area contributed by atoms with Crippen molar-refractivity contribution in [2.24, 2.45) is 0 Å². The first-order chi connectivity index (χ1) is 15.6. The Morgan fingerprint density at radius 3 is 2.24 bits per heavy atom. The molecule has 8 nitrogen and oxygen atoms in total. The molecular formula is C20H27F3N2O6S2. The van der Waals surface area contributed by atoms with Crippen molar-refractivity contribution >= 4 is 45.1 Å². The number of nitrogens with one attached hydrogen (secondary N) is 1. The highest BCUT2D eigenvalue weighted by Gasteiger charge is 2.38. The average molecular weight is 513 g/mol. The number of methoxy groups -OCH3 is 1. The number of carboxylic acid groups (broad SMARTS) is 2. The summed E-state index contributed by atoms with van der Waals surface area (Å²) in [5.74, 6) is -1.65. The van der Waals surface area contributed by atoms with E-state index in [2.05, 4.69) is 10.2 Å². The van der Waals surface area contributed by atoms with Gasteiger partial charge in [0.2, 0.25) is 0 Å². The fourth-order valence-electron chi connectivity index (χ4n) is 2.78. The Kier molecular flexibility index (Phi) is 12.9. The first-order valence-corrected chi connectivity index (χ1v) is 12.5. The average Bonchev–Trinajstić information content (AvgIpc) is 2.78. The number of hydrogen-bond acceptors (Lipinski definition) is 7. The van der Waals surface area contributed by atoms with E-state index >= 15 is 0 Å². The van der Waals surface area contributed by atoms with Crippen molar-refractivity contribution in [3.05, 3.63) is 23.8 Å². The Bertz CT molecular complexity index is 790. The number of rotatable bonds is 10. The lowest BCUT2D eigenvalue weighted by atomic mass is 10.1. The third kappa shape index (κ3) is 11.4. The van der Waals surface area contributed by atoms with Gasteiger partial charge in [0, 0.05) is 36.8 Å². The second kappa shape index (κ2) is 14.8. The van der Waals surface area contributed by atoms with E-state index in [1.165, 1.54) is 17.2 Å². The zero-order valence-electron chi connectivity index (χ0n) is 18.0. The van der Waals surface area contributed by atoms with E-state index in [-0.39, 0.29) is 12.3 Å². The lowest BCUT2D eigenvalue weighted by molar-refractivity contribution is -0.192. The standard InChI is InChI=1S/C18H26N2O4S2.C2HF3O2/c1-24-14-5-6-16(20-9-3-2-4-10-20)15(13-14)18(23)19-8-12-26-25-11-7-17(21)22;3-2(4,5)1(6)7/h5-6,13H,2-4,7-12H2,1H3,(H,19,23)(H,21,22);(H,6,7). The summed E-state index contributed by atoms with van der Waals surface area (Å²) in [7, 11) is 4.69. The predicted molar refractivity (Wildman–Crippen MR) is 122 cm³/mol. The maximum absolute atomic E-state index is 12.7. The third-order valence-corrected chi connectivity index (χ3v) is 6.75. The van der Waals surface area contributed by atoms with Crippen LogP contribution in [0, 0.1) is 0 Å². The molecule has 2 rings (SSSR count). The van der Waals surface area contributed by atoms with Crippen LogP contribution < -0.4 is 15.0 Å². The van der Waals surface area contributed by atoms with Gasteiger partial charge in [-0.05, 0) is 37.5 Å². The van der Waals surface area contributed by atoms with Gasteiger partial charge in [0.25, 0.3) is 5.91 Å². The van der Waals surface area contributed by atoms with Gasteiger partial charge in [-0.25, -0.2) is 4.79 Å². The number of carbonyl (C=O) groups excluding carboxylic acids is 1. The molecule has 0 radical (unpaired) electrons. The number of amides is 1. The van der Waals surface area contributed by atoms with Crippen LogP contribution >= 0.6 is 21.6 Å². The van der Waals surface area contributed by atoms with Crippen molar-refractivity contribution in [1.82, 2.24) is 5.32 Å². The number of halogens is 3. The summed E-state index contributed by atoms with van der Waals surface area (Å²) < 4.78 is 37.0. The molecule has 0 aliphatic carbocycles. The minimum absolute atomic E-state index is 0.0967. The van der Waals surface area contributed by atoms with Crippen LogP contribution in [0.2, 0.25) is 0 Å². The first kappa shape index (κ1) is 28.8. The topological polar surface area (TPSA) is 116 Å². The molecular weight excluding hydrogens is 485 g/mol. The van der Waals surface area contributed by atoms with E-state index in [1.807, 2.05) is 12.1 Å². The van der Waals surface area contributed by atoms with Crippen LogP contribution in [0.3, 0.4) is 0 Å². The molecule has 33 heavy (non-hydrogen) atoms. The van der Waals surface area contributed by atoms with Crippen molar-refractivity contribution < 1.29 is 42.5 Å². The van der Waals surface area contributed by atoms with Crippen LogP contribution in [0.15, 0.2) is 18.2 Å². The number of anilines is 1. The molecule has 1 aromatic rings. The minimum atomic E-state index is -5.08. The molecule has 0 atom stereocenters. The molecule has 1 fully saturated rings. The van der Waals surface area contributed by atoms with Gasteiger partial charge in [-0.2, -0.15) is 13.2 Å². The number of nitrogens with zero attached hydrogens (tertiary/aromatic N) is 1. The summed E-state index contributed by atoms with van der Waals surface area (Å²) in [5, 5.41) is 18.7. The summed E-state index contributed by atoms with van der Waals surface area (Å²) in [4.78, 5) is 34.3. The Morgan fingerprint density at radius 2 is 1.70 bits per heavy atom. The van der Waals surface area contributed by atoms with Crippen molar-refractivity contribution in [2.45, 2.75) is 31.9 Å². The van der Waals surface area contributed by atoms with Gasteiger partial charge in [-0.15, -0.1) is 0 Å². The number of piperidine rings is 1. The smallest absolute Gasteiger partial charge is 0.490 e. The summed E-state index contributed by atoms with van der Waals surface area (Å²) >= 11 is 0. The van der Waals surface area contributed by atoms with Crippen LogP contribution in [-0.2, 0) is 9.59 Å². The van der Waals surface area contributed by atoms with E-state index in [9.17, 15) is 22.8 Å². The molecule has 3 N–H and O–H groups in total. The third-order valence-electron chi connectivity index (χ3n) is 4.34. The predicted octanol–water partition coefficient (Wildman–Crippen LogP) is 3.90. The van der Waals surface area contributed by atoms with Crippen LogP contribution in [0.4, 0.5) is 18.9 Å².